The predicted octanol–water partition coefficient (Wildman–Crippen LogP) is 2.58. The molecule has 1 aromatic heterocycles. The molecule has 2 aliphatic rings. The molecule has 19 heavy (non-hydrogen) atoms. The Morgan fingerprint density at radius 1 is 1.53 bits per heavy atom. The number of aryl methyl sites for hydroxylation is 1. The second-order valence-electron chi connectivity index (χ2n) is 6.07. The number of fused-ring (bicyclic) bond motifs is 2. The highest BCUT2D eigenvalue weighted by atomic mass is 127. The third kappa shape index (κ3) is 2.41. The zero-order valence-corrected chi connectivity index (χ0v) is 13.6. The van der Waals surface area contributed by atoms with Gasteiger partial charge in [0.1, 0.15) is 5.69 Å². The van der Waals surface area contributed by atoms with Gasteiger partial charge in [0.25, 0.3) is 5.91 Å². The van der Waals surface area contributed by atoms with Gasteiger partial charge in [0, 0.05) is 13.1 Å². The molecule has 0 spiro atoms. The molecule has 4 atom stereocenters. The molecule has 0 unspecified atom stereocenters. The van der Waals surface area contributed by atoms with Gasteiger partial charge in [0.05, 0.1) is 9.77 Å². The molecule has 0 radical (unpaired) electrons. The minimum Gasteiger partial charge on any atom is -0.348 e. The van der Waals surface area contributed by atoms with Gasteiger partial charge in [-0.3, -0.25) is 9.48 Å². The number of rotatable bonds is 3. The highest BCUT2D eigenvalue weighted by Crippen LogP contribution is 2.49. The smallest absolute Gasteiger partial charge is 0.270 e. The molecule has 1 aromatic rings. The Morgan fingerprint density at radius 2 is 2.32 bits per heavy atom. The van der Waals surface area contributed by atoms with Crippen molar-refractivity contribution in [3.8, 4) is 0 Å². The maximum absolute atomic E-state index is 12.3. The number of nitrogens with one attached hydrogen (secondary N) is 1. The van der Waals surface area contributed by atoms with Crippen LogP contribution in [0.1, 0.15) is 43.1 Å². The van der Waals surface area contributed by atoms with Crippen LogP contribution in [0.2, 0.25) is 0 Å². The molecule has 5 heteroatoms. The number of halogens is 1. The Kier molecular flexibility index (Phi) is 3.57. The molecule has 2 saturated carbocycles. The highest BCUT2D eigenvalue weighted by Gasteiger charge is 2.42. The number of carbonyl (C=O) groups excluding carboxylic acids is 1. The lowest BCUT2D eigenvalue weighted by Crippen LogP contribution is -2.41. The molecule has 2 bridgehead atoms. The zero-order chi connectivity index (χ0) is 13.6. The largest absolute Gasteiger partial charge is 0.348 e. The fourth-order valence-corrected chi connectivity index (χ4v) is 4.67. The first-order valence-electron chi connectivity index (χ1n) is 7.04. The van der Waals surface area contributed by atoms with Crippen LogP contribution in [0, 0.1) is 21.3 Å². The van der Waals surface area contributed by atoms with Crippen LogP contribution in [-0.4, -0.2) is 21.7 Å². The van der Waals surface area contributed by atoms with Crippen molar-refractivity contribution in [3.63, 3.8) is 0 Å². The molecule has 0 aromatic carbocycles. The molecular weight excluding hydrogens is 353 g/mol. The fourth-order valence-electron chi connectivity index (χ4n) is 3.95. The van der Waals surface area contributed by atoms with Crippen LogP contribution in [0.3, 0.4) is 0 Å². The average Bonchev–Trinajstić information content (AvgIpc) is 3.05. The van der Waals surface area contributed by atoms with E-state index >= 15 is 0 Å². The molecule has 1 amide bonds. The van der Waals surface area contributed by atoms with Gasteiger partial charge in [-0.15, -0.1) is 0 Å². The van der Waals surface area contributed by atoms with Gasteiger partial charge in [-0.1, -0.05) is 6.42 Å². The van der Waals surface area contributed by atoms with E-state index < -0.39 is 0 Å². The van der Waals surface area contributed by atoms with Crippen LogP contribution in [0.5, 0.6) is 0 Å². The summed E-state index contributed by atoms with van der Waals surface area (Å²) in [6.07, 6.45) is 7.18. The van der Waals surface area contributed by atoms with E-state index in [2.05, 4.69) is 39.9 Å². The number of nitrogens with zero attached hydrogens (tertiary/aromatic N) is 2. The fraction of sp³-hybridized carbons (Fsp3) is 0.714. The molecule has 2 aliphatic carbocycles. The van der Waals surface area contributed by atoms with E-state index in [1.807, 2.05) is 7.05 Å². The Bertz CT molecular complexity index is 479. The van der Waals surface area contributed by atoms with E-state index in [0.29, 0.717) is 11.6 Å². The van der Waals surface area contributed by atoms with Crippen molar-refractivity contribution in [1.82, 2.24) is 15.1 Å². The molecule has 1 heterocycles. The number of carbonyl (C=O) groups is 1. The quantitative estimate of drug-likeness (QED) is 0.828. The number of hydrogen-bond donors (Lipinski definition) is 1. The van der Waals surface area contributed by atoms with E-state index in [1.54, 1.807) is 10.9 Å². The maximum Gasteiger partial charge on any atom is 0.270 e. The Labute approximate surface area is 127 Å². The second-order valence-corrected chi connectivity index (χ2v) is 7.23. The molecule has 104 valence electrons. The first kappa shape index (κ1) is 13.4. The summed E-state index contributed by atoms with van der Waals surface area (Å²) < 4.78 is 2.57. The lowest BCUT2D eigenvalue weighted by molar-refractivity contribution is 0.0904. The summed E-state index contributed by atoms with van der Waals surface area (Å²) in [5, 5.41) is 7.31. The van der Waals surface area contributed by atoms with Gasteiger partial charge in [-0.2, -0.15) is 5.10 Å². The number of amides is 1. The second kappa shape index (κ2) is 5.07. The summed E-state index contributed by atoms with van der Waals surface area (Å²) in [7, 11) is 1.82. The summed E-state index contributed by atoms with van der Waals surface area (Å²) in [5.41, 5.74) is 0.676. The topological polar surface area (TPSA) is 46.9 Å². The SMILES string of the molecule is C[C@@H](NC(=O)c1c(I)cnn1C)[C@@H]1C[C@H]2CC[C@H]1C2. The molecule has 0 saturated heterocycles. The molecule has 3 rings (SSSR count). The van der Waals surface area contributed by atoms with Crippen LogP contribution in [0.15, 0.2) is 6.20 Å². The summed E-state index contributed by atoms with van der Waals surface area (Å²) in [6, 6.07) is 0.272. The van der Waals surface area contributed by atoms with Crippen molar-refractivity contribution in [2.24, 2.45) is 24.8 Å². The van der Waals surface area contributed by atoms with E-state index in [1.165, 1.54) is 25.7 Å². The summed E-state index contributed by atoms with van der Waals surface area (Å²) in [6.45, 7) is 2.16. The van der Waals surface area contributed by atoms with Crippen molar-refractivity contribution in [3.05, 3.63) is 15.5 Å². The van der Waals surface area contributed by atoms with Crippen LogP contribution in [0.25, 0.3) is 0 Å². The monoisotopic (exact) mass is 373 g/mol. The minimum absolute atomic E-state index is 0.0136. The molecule has 2 fully saturated rings. The van der Waals surface area contributed by atoms with Crippen LogP contribution >= 0.6 is 22.6 Å². The summed E-state index contributed by atoms with van der Waals surface area (Å²) in [4.78, 5) is 12.3. The van der Waals surface area contributed by atoms with E-state index in [4.69, 9.17) is 0 Å². The highest BCUT2D eigenvalue weighted by molar-refractivity contribution is 14.1. The first-order chi connectivity index (χ1) is 9.06. The average molecular weight is 373 g/mol. The number of hydrogen-bond acceptors (Lipinski definition) is 2. The Balaban J connectivity index is 1.67. The summed E-state index contributed by atoms with van der Waals surface area (Å²) >= 11 is 2.17. The standard InChI is InChI=1S/C14H20IN3O/c1-8(11-6-9-3-4-10(11)5-9)17-14(19)13-12(15)7-16-18(13)2/h7-11H,3-6H2,1-2H3,(H,17,19)/t8-,9+,10+,11+/m1/s1. The van der Waals surface area contributed by atoms with Crippen molar-refractivity contribution in [2.75, 3.05) is 0 Å². The van der Waals surface area contributed by atoms with Crippen molar-refractivity contribution in [1.29, 1.82) is 0 Å². The normalized spacial score (nSPS) is 30.6. The van der Waals surface area contributed by atoms with Gasteiger partial charge in [0.15, 0.2) is 0 Å². The van der Waals surface area contributed by atoms with Gasteiger partial charge in [0.2, 0.25) is 0 Å². The van der Waals surface area contributed by atoms with Crippen LogP contribution in [-0.2, 0) is 7.05 Å². The molecule has 4 nitrogen and oxygen atoms in total. The van der Waals surface area contributed by atoms with E-state index in [9.17, 15) is 4.79 Å². The minimum atomic E-state index is 0.0136. The molecular formula is C14H20IN3O. The van der Waals surface area contributed by atoms with Gasteiger partial charge >= 0.3 is 0 Å². The molecule has 1 N–H and O–H groups in total. The first-order valence-corrected chi connectivity index (χ1v) is 8.12. The number of aromatic nitrogens is 2. The van der Waals surface area contributed by atoms with E-state index in [-0.39, 0.29) is 11.9 Å². The van der Waals surface area contributed by atoms with Crippen molar-refractivity contribution in [2.45, 2.75) is 38.6 Å². The van der Waals surface area contributed by atoms with Crippen LogP contribution < -0.4 is 5.32 Å². The van der Waals surface area contributed by atoms with E-state index in [0.717, 1.165) is 15.4 Å². The molecule has 0 aliphatic heterocycles. The lowest BCUT2D eigenvalue weighted by atomic mass is 9.84. The third-order valence-electron chi connectivity index (χ3n) is 4.90. The predicted molar refractivity (Wildman–Crippen MR) is 81.8 cm³/mol. The Morgan fingerprint density at radius 3 is 2.84 bits per heavy atom. The Hall–Kier alpha value is -0.590. The zero-order valence-electron chi connectivity index (χ0n) is 11.4. The maximum atomic E-state index is 12.3. The van der Waals surface area contributed by atoms with Crippen molar-refractivity contribution >= 4 is 28.5 Å². The third-order valence-corrected chi connectivity index (χ3v) is 5.69. The van der Waals surface area contributed by atoms with Gasteiger partial charge in [-0.25, -0.2) is 0 Å². The lowest BCUT2D eigenvalue weighted by Gasteiger charge is -2.28. The van der Waals surface area contributed by atoms with Crippen LogP contribution in [0.4, 0.5) is 0 Å². The van der Waals surface area contributed by atoms with Gasteiger partial charge < -0.3 is 5.32 Å². The van der Waals surface area contributed by atoms with Gasteiger partial charge in [-0.05, 0) is 66.5 Å². The summed E-state index contributed by atoms with van der Waals surface area (Å²) in [5.74, 6) is 2.45. The van der Waals surface area contributed by atoms with Crippen molar-refractivity contribution < 1.29 is 4.79 Å².